The maximum absolute atomic E-state index is 2.92. The van der Waals surface area contributed by atoms with Crippen molar-refractivity contribution in [1.29, 1.82) is 0 Å². The third kappa shape index (κ3) is 37.0. The predicted molar refractivity (Wildman–Crippen MR) is 180 cm³/mol. The van der Waals surface area contributed by atoms with Crippen molar-refractivity contribution in [2.45, 2.75) is 206 Å². The average molecular weight is 544 g/mol. The van der Waals surface area contributed by atoms with Gasteiger partial charge in [-0.05, 0) is 12.2 Å². The van der Waals surface area contributed by atoms with E-state index >= 15 is 0 Å². The van der Waals surface area contributed by atoms with Gasteiger partial charge in [-0.1, -0.05) is 219 Å². The minimum absolute atomic E-state index is 1.37. The van der Waals surface area contributed by atoms with Gasteiger partial charge in [-0.2, -0.15) is 0 Å². The maximum Gasteiger partial charge on any atom is 0.000442 e. The van der Waals surface area contributed by atoms with Crippen LogP contribution in [0.5, 0.6) is 0 Å². The van der Waals surface area contributed by atoms with Crippen LogP contribution in [-0.4, -0.2) is 0 Å². The molecule has 1 heterocycles. The summed E-state index contributed by atoms with van der Waals surface area (Å²) in [6.45, 7) is 4.61. The average Bonchev–Trinajstić information content (AvgIpc) is 3.28. The second kappa shape index (κ2) is 37.0. The lowest BCUT2D eigenvalue weighted by Gasteiger charge is -2.04. The maximum atomic E-state index is 2.92. The zero-order valence-electron chi connectivity index (χ0n) is 27.2. The first kappa shape index (κ1) is 38.0. The molecule has 0 spiro atoms. The van der Waals surface area contributed by atoms with Gasteiger partial charge < -0.3 is 5.32 Å². The molecule has 1 nitrogen and oxygen atoms in total. The highest BCUT2D eigenvalue weighted by molar-refractivity contribution is 5.14. The van der Waals surface area contributed by atoms with Gasteiger partial charge in [0, 0.05) is 12.4 Å². The van der Waals surface area contributed by atoms with Crippen LogP contribution in [0.25, 0.3) is 0 Å². The Morgan fingerprint density at radius 1 is 0.256 bits per heavy atom. The van der Waals surface area contributed by atoms with Gasteiger partial charge in [0.1, 0.15) is 0 Å². The van der Waals surface area contributed by atoms with Gasteiger partial charge in [0.2, 0.25) is 0 Å². The Balaban J connectivity index is 0.00000177. The molecule has 0 unspecified atom stereocenters. The summed E-state index contributed by atoms with van der Waals surface area (Å²) in [5.41, 5.74) is 0. The summed E-state index contributed by atoms with van der Waals surface area (Å²) in [5, 5.41) is 2.92. The van der Waals surface area contributed by atoms with E-state index in [2.05, 4.69) is 19.2 Å². The highest BCUT2D eigenvalue weighted by Gasteiger charge is 1.96. The van der Waals surface area contributed by atoms with Crippen LogP contribution < -0.4 is 5.32 Å². The summed E-state index contributed by atoms with van der Waals surface area (Å²) < 4.78 is 0. The van der Waals surface area contributed by atoms with Gasteiger partial charge in [-0.3, -0.25) is 0 Å². The number of rotatable bonds is 29. The molecule has 0 aromatic carbocycles. The standard InChI is InChI=1S/C32H66.C6H7N/c1-3-5-7-9-11-13-15-17-19-21-23-25-27-29-31-32-30-28-26-24-22-20-18-16-14-12-10-8-6-4-2;1-2-4-6-7-5-3-1/h3-32H2,1-2H3;1-7H. The second-order valence-electron chi connectivity index (χ2n) is 12.2. The largest absolute Gasteiger partial charge is 0.368 e. The van der Waals surface area contributed by atoms with E-state index in [1.165, 1.54) is 193 Å². The SMILES string of the molecule is C1=CC=CNC=C1.CCCCCCCCCCCCCCCCCCCCCCCCCCCCCCCC. The first-order valence-electron chi connectivity index (χ1n) is 18.2. The number of unbranched alkanes of at least 4 members (excludes halogenated alkanes) is 29. The van der Waals surface area contributed by atoms with Crippen molar-refractivity contribution in [2.24, 2.45) is 0 Å². The quantitative estimate of drug-likeness (QED) is 0.0925. The first-order chi connectivity index (χ1) is 19.4. The van der Waals surface area contributed by atoms with Crippen molar-refractivity contribution >= 4 is 0 Å². The predicted octanol–water partition coefficient (Wildman–Crippen LogP) is 13.9. The minimum Gasteiger partial charge on any atom is -0.368 e. The first-order valence-corrected chi connectivity index (χ1v) is 18.2. The van der Waals surface area contributed by atoms with Crippen LogP contribution in [0.3, 0.4) is 0 Å². The molecule has 0 saturated heterocycles. The van der Waals surface area contributed by atoms with E-state index in [4.69, 9.17) is 0 Å². The third-order valence-electron chi connectivity index (χ3n) is 8.18. The van der Waals surface area contributed by atoms with E-state index in [-0.39, 0.29) is 0 Å². The molecule has 0 amide bonds. The molecule has 1 rings (SSSR count). The Morgan fingerprint density at radius 3 is 0.615 bits per heavy atom. The number of hydrogen-bond acceptors (Lipinski definition) is 1. The Kier molecular flexibility index (Phi) is 36.1. The normalized spacial score (nSPS) is 12.3. The van der Waals surface area contributed by atoms with E-state index in [1.54, 1.807) is 0 Å². The fraction of sp³-hybridized carbons (Fsp3) is 0.842. The summed E-state index contributed by atoms with van der Waals surface area (Å²) in [5.74, 6) is 0. The second-order valence-corrected chi connectivity index (χ2v) is 12.2. The van der Waals surface area contributed by atoms with E-state index in [0.717, 1.165) is 0 Å². The van der Waals surface area contributed by atoms with Gasteiger partial charge in [0.15, 0.2) is 0 Å². The van der Waals surface area contributed by atoms with Crippen molar-refractivity contribution in [1.82, 2.24) is 5.32 Å². The highest BCUT2D eigenvalue weighted by atomic mass is 14.8. The lowest BCUT2D eigenvalue weighted by Crippen LogP contribution is -1.87. The summed E-state index contributed by atoms with van der Waals surface area (Å²) in [6.07, 6.45) is 56.0. The van der Waals surface area contributed by atoms with Crippen LogP contribution in [0.4, 0.5) is 0 Å². The monoisotopic (exact) mass is 544 g/mol. The van der Waals surface area contributed by atoms with Crippen LogP contribution in [0.15, 0.2) is 36.7 Å². The van der Waals surface area contributed by atoms with Gasteiger partial charge in [0.05, 0.1) is 0 Å². The van der Waals surface area contributed by atoms with Crippen molar-refractivity contribution < 1.29 is 0 Å². The molecule has 230 valence electrons. The summed E-state index contributed by atoms with van der Waals surface area (Å²) in [7, 11) is 0. The minimum atomic E-state index is 1.37. The zero-order valence-corrected chi connectivity index (χ0v) is 27.2. The molecule has 0 aromatic heterocycles. The van der Waals surface area contributed by atoms with E-state index < -0.39 is 0 Å². The highest BCUT2D eigenvalue weighted by Crippen LogP contribution is 2.16. The van der Waals surface area contributed by atoms with E-state index in [1.807, 2.05) is 36.7 Å². The molecule has 0 aliphatic carbocycles. The molecule has 0 saturated carbocycles. The smallest absolute Gasteiger partial charge is 0.000442 e. The number of hydrogen-bond donors (Lipinski definition) is 1. The molecule has 1 heteroatoms. The fourth-order valence-electron chi connectivity index (χ4n) is 5.50. The van der Waals surface area contributed by atoms with Crippen LogP contribution >= 0.6 is 0 Å². The van der Waals surface area contributed by atoms with Gasteiger partial charge in [-0.15, -0.1) is 0 Å². The summed E-state index contributed by atoms with van der Waals surface area (Å²) in [4.78, 5) is 0. The van der Waals surface area contributed by atoms with Crippen molar-refractivity contribution in [3.8, 4) is 0 Å². The van der Waals surface area contributed by atoms with Gasteiger partial charge >= 0.3 is 0 Å². The molecular weight excluding hydrogens is 470 g/mol. The Labute approximate surface area is 248 Å². The van der Waals surface area contributed by atoms with Crippen molar-refractivity contribution in [3.05, 3.63) is 36.7 Å². The summed E-state index contributed by atoms with van der Waals surface area (Å²) >= 11 is 0. The van der Waals surface area contributed by atoms with E-state index in [9.17, 15) is 0 Å². The third-order valence-corrected chi connectivity index (χ3v) is 8.18. The van der Waals surface area contributed by atoms with Crippen molar-refractivity contribution in [3.63, 3.8) is 0 Å². The number of nitrogens with one attached hydrogen (secondary N) is 1. The lowest BCUT2D eigenvalue weighted by molar-refractivity contribution is 0.513. The molecule has 1 aliphatic heterocycles. The van der Waals surface area contributed by atoms with Crippen molar-refractivity contribution in [2.75, 3.05) is 0 Å². The molecule has 1 aliphatic rings. The van der Waals surface area contributed by atoms with Crippen LogP contribution in [0, 0.1) is 0 Å². The Hall–Kier alpha value is -0.980. The van der Waals surface area contributed by atoms with E-state index in [0.29, 0.717) is 0 Å². The molecular formula is C38H73N. The molecule has 0 atom stereocenters. The van der Waals surface area contributed by atoms with Gasteiger partial charge in [-0.25, -0.2) is 0 Å². The van der Waals surface area contributed by atoms with Gasteiger partial charge in [0.25, 0.3) is 0 Å². The Bertz CT molecular complexity index is 459. The van der Waals surface area contributed by atoms with Crippen LogP contribution in [0.2, 0.25) is 0 Å². The summed E-state index contributed by atoms with van der Waals surface area (Å²) in [6, 6.07) is 0. The fourth-order valence-corrected chi connectivity index (χ4v) is 5.50. The molecule has 0 aromatic rings. The molecule has 39 heavy (non-hydrogen) atoms. The lowest BCUT2D eigenvalue weighted by atomic mass is 10.0. The Morgan fingerprint density at radius 2 is 0.436 bits per heavy atom. The van der Waals surface area contributed by atoms with Crippen LogP contribution in [0.1, 0.15) is 206 Å². The van der Waals surface area contributed by atoms with Crippen LogP contribution in [-0.2, 0) is 0 Å². The molecule has 0 bridgehead atoms. The molecule has 0 fully saturated rings. The zero-order chi connectivity index (χ0) is 28.2. The topological polar surface area (TPSA) is 12.0 Å². The number of allylic oxidation sites excluding steroid dienone is 4. The molecule has 1 N–H and O–H groups in total. The molecule has 0 radical (unpaired) electrons.